The average molecular weight is 418 g/mol. The molecule has 0 aliphatic rings. The SMILES string of the molecule is CN(c1ccncc1)c1c(NCCSC(N=C(N)N)c2cscn2)c(=O)c1=O. The molecule has 3 rings (SSSR count). The standard InChI is InChI=1S/C17H19N7O2S2/c1-24(10-2-4-20-5-3-10)13-12(14(25)15(13)26)21-6-7-28-16(23-17(18)19)11-8-27-9-22-11/h2-5,8-9,16,21H,6-7H2,1H3,(H4,18,19,23). The van der Waals surface area contributed by atoms with Gasteiger partial charge in [-0.25, -0.2) is 9.98 Å². The normalized spacial score (nSPS) is 11.9. The van der Waals surface area contributed by atoms with Crippen molar-refractivity contribution in [2.75, 3.05) is 29.6 Å². The Balaban J connectivity index is 1.63. The van der Waals surface area contributed by atoms with Gasteiger partial charge in [-0.2, -0.15) is 0 Å². The number of hydrogen-bond acceptors (Lipinski definition) is 9. The molecule has 0 aliphatic carbocycles. The number of thiazole rings is 1. The molecule has 1 aromatic carbocycles. The Morgan fingerprint density at radius 1 is 1.32 bits per heavy atom. The van der Waals surface area contributed by atoms with Gasteiger partial charge in [0.2, 0.25) is 0 Å². The molecule has 146 valence electrons. The maximum absolute atomic E-state index is 12.0. The highest BCUT2D eigenvalue weighted by molar-refractivity contribution is 7.99. The van der Waals surface area contributed by atoms with E-state index in [2.05, 4.69) is 20.3 Å². The molecular formula is C17H19N7O2S2. The lowest BCUT2D eigenvalue weighted by atomic mass is 10.1. The van der Waals surface area contributed by atoms with Crippen molar-refractivity contribution in [3.63, 3.8) is 0 Å². The molecule has 0 saturated carbocycles. The van der Waals surface area contributed by atoms with Crippen LogP contribution in [0.1, 0.15) is 11.1 Å². The molecule has 5 N–H and O–H groups in total. The zero-order chi connectivity index (χ0) is 20.1. The Hall–Kier alpha value is -2.92. The monoisotopic (exact) mass is 417 g/mol. The van der Waals surface area contributed by atoms with Crippen LogP contribution in [-0.4, -0.2) is 35.3 Å². The van der Waals surface area contributed by atoms with E-state index in [1.807, 2.05) is 5.38 Å². The number of pyridine rings is 1. The Morgan fingerprint density at radius 2 is 2.07 bits per heavy atom. The zero-order valence-corrected chi connectivity index (χ0v) is 16.7. The van der Waals surface area contributed by atoms with Crippen molar-refractivity contribution >= 4 is 46.1 Å². The fraction of sp³-hybridized carbons (Fsp3) is 0.235. The summed E-state index contributed by atoms with van der Waals surface area (Å²) < 4.78 is 0. The van der Waals surface area contributed by atoms with E-state index in [0.29, 0.717) is 23.7 Å². The van der Waals surface area contributed by atoms with E-state index in [1.54, 1.807) is 42.0 Å². The zero-order valence-electron chi connectivity index (χ0n) is 15.0. The summed E-state index contributed by atoms with van der Waals surface area (Å²) in [6, 6.07) is 3.54. The van der Waals surface area contributed by atoms with Crippen LogP contribution in [0.25, 0.3) is 0 Å². The Kier molecular flexibility index (Phi) is 6.26. The van der Waals surface area contributed by atoms with Gasteiger partial charge in [0, 0.05) is 42.8 Å². The number of nitrogens with zero attached hydrogens (tertiary/aromatic N) is 4. The molecule has 28 heavy (non-hydrogen) atoms. The van der Waals surface area contributed by atoms with Gasteiger partial charge in [-0.15, -0.1) is 23.1 Å². The third kappa shape index (κ3) is 4.31. The van der Waals surface area contributed by atoms with E-state index < -0.39 is 10.9 Å². The molecule has 3 aromatic rings. The van der Waals surface area contributed by atoms with E-state index in [0.717, 1.165) is 11.4 Å². The van der Waals surface area contributed by atoms with Crippen LogP contribution in [0.15, 0.2) is 50.0 Å². The summed E-state index contributed by atoms with van der Waals surface area (Å²) in [5, 5.41) is 4.63. The fourth-order valence-corrected chi connectivity index (χ4v) is 4.17. The van der Waals surface area contributed by atoms with Gasteiger partial charge in [-0.3, -0.25) is 14.6 Å². The van der Waals surface area contributed by atoms with Crippen LogP contribution in [0.4, 0.5) is 17.1 Å². The molecule has 2 aromatic heterocycles. The van der Waals surface area contributed by atoms with Crippen molar-refractivity contribution in [2.24, 2.45) is 16.5 Å². The number of guanidine groups is 1. The summed E-state index contributed by atoms with van der Waals surface area (Å²) in [6.45, 7) is 0.466. The summed E-state index contributed by atoms with van der Waals surface area (Å²) in [7, 11) is 1.74. The predicted octanol–water partition coefficient (Wildman–Crippen LogP) is 1.02. The molecular weight excluding hydrogens is 398 g/mol. The lowest BCUT2D eigenvalue weighted by molar-refractivity contribution is 0.968. The number of nitrogens with two attached hydrogens (primary N) is 2. The highest BCUT2D eigenvalue weighted by Crippen LogP contribution is 2.30. The lowest BCUT2D eigenvalue weighted by Gasteiger charge is -2.23. The molecule has 2 heterocycles. The van der Waals surface area contributed by atoms with E-state index in [-0.39, 0.29) is 11.3 Å². The molecule has 0 amide bonds. The van der Waals surface area contributed by atoms with E-state index in [9.17, 15) is 9.59 Å². The van der Waals surface area contributed by atoms with Crippen molar-refractivity contribution in [1.82, 2.24) is 9.97 Å². The van der Waals surface area contributed by atoms with Gasteiger partial charge in [0.25, 0.3) is 10.9 Å². The molecule has 0 saturated heterocycles. The number of aliphatic imine (C=N–C) groups is 1. The van der Waals surface area contributed by atoms with Crippen molar-refractivity contribution < 1.29 is 0 Å². The number of hydrogen-bond donors (Lipinski definition) is 3. The van der Waals surface area contributed by atoms with Crippen molar-refractivity contribution in [3.8, 4) is 0 Å². The molecule has 1 unspecified atom stereocenters. The first-order valence-electron chi connectivity index (χ1n) is 8.28. The number of aromatic nitrogens is 2. The number of nitrogens with one attached hydrogen (secondary N) is 1. The summed E-state index contributed by atoms with van der Waals surface area (Å²) in [4.78, 5) is 38.1. The molecule has 0 aliphatic heterocycles. The van der Waals surface area contributed by atoms with Gasteiger partial charge in [-0.1, -0.05) is 0 Å². The van der Waals surface area contributed by atoms with Crippen molar-refractivity contribution in [3.05, 3.63) is 61.6 Å². The number of thioether (sulfide) groups is 1. The second-order valence-electron chi connectivity index (χ2n) is 5.76. The largest absolute Gasteiger partial charge is 0.379 e. The highest BCUT2D eigenvalue weighted by Gasteiger charge is 2.24. The first-order chi connectivity index (χ1) is 13.5. The van der Waals surface area contributed by atoms with Gasteiger partial charge in [0.15, 0.2) is 5.96 Å². The van der Waals surface area contributed by atoms with Crippen LogP contribution in [0, 0.1) is 0 Å². The lowest BCUT2D eigenvalue weighted by Crippen LogP contribution is -2.40. The number of anilines is 3. The van der Waals surface area contributed by atoms with Gasteiger partial charge in [0.05, 0.1) is 11.2 Å². The third-order valence-corrected chi connectivity index (χ3v) is 5.63. The minimum absolute atomic E-state index is 0.0119. The summed E-state index contributed by atoms with van der Waals surface area (Å²) in [5.74, 6) is 0.595. The maximum atomic E-state index is 12.0. The van der Waals surface area contributed by atoms with Crippen LogP contribution >= 0.6 is 23.1 Å². The minimum Gasteiger partial charge on any atom is -0.379 e. The quantitative estimate of drug-likeness (QED) is 0.201. The molecule has 11 heteroatoms. The summed E-state index contributed by atoms with van der Waals surface area (Å²) in [6.07, 6.45) is 3.26. The Bertz CT molecular complexity index is 1010. The van der Waals surface area contributed by atoms with Crippen LogP contribution in [0.2, 0.25) is 0 Å². The first kappa shape index (κ1) is 19.8. The van der Waals surface area contributed by atoms with Crippen LogP contribution in [0.5, 0.6) is 0 Å². The molecule has 0 spiro atoms. The Labute approximate surface area is 169 Å². The second-order valence-corrected chi connectivity index (χ2v) is 7.67. The first-order valence-corrected chi connectivity index (χ1v) is 10.3. The van der Waals surface area contributed by atoms with Gasteiger partial charge < -0.3 is 21.7 Å². The predicted molar refractivity (Wildman–Crippen MR) is 115 cm³/mol. The second kappa shape index (κ2) is 8.85. The molecule has 1 atom stereocenters. The maximum Gasteiger partial charge on any atom is 0.253 e. The highest BCUT2D eigenvalue weighted by atomic mass is 32.2. The van der Waals surface area contributed by atoms with E-state index in [1.165, 1.54) is 23.1 Å². The van der Waals surface area contributed by atoms with Gasteiger partial charge >= 0.3 is 0 Å². The van der Waals surface area contributed by atoms with Crippen molar-refractivity contribution in [1.29, 1.82) is 0 Å². The summed E-state index contributed by atoms with van der Waals surface area (Å²) >= 11 is 2.95. The van der Waals surface area contributed by atoms with Crippen molar-refractivity contribution in [2.45, 2.75) is 5.37 Å². The van der Waals surface area contributed by atoms with Crippen LogP contribution in [-0.2, 0) is 0 Å². The van der Waals surface area contributed by atoms with Gasteiger partial charge in [0.1, 0.15) is 16.7 Å². The molecule has 0 fully saturated rings. The minimum atomic E-state index is -0.513. The fourth-order valence-electron chi connectivity index (χ4n) is 2.58. The smallest absolute Gasteiger partial charge is 0.253 e. The Morgan fingerprint density at radius 3 is 2.71 bits per heavy atom. The van der Waals surface area contributed by atoms with Crippen LogP contribution < -0.4 is 32.5 Å². The molecule has 0 bridgehead atoms. The van der Waals surface area contributed by atoms with Crippen LogP contribution in [0.3, 0.4) is 0 Å². The topological polar surface area (TPSA) is 140 Å². The summed E-state index contributed by atoms with van der Waals surface area (Å²) in [5.41, 5.74) is 13.9. The number of rotatable bonds is 9. The van der Waals surface area contributed by atoms with Gasteiger partial charge in [-0.05, 0) is 12.1 Å². The third-order valence-electron chi connectivity index (χ3n) is 3.92. The van der Waals surface area contributed by atoms with E-state index >= 15 is 0 Å². The molecule has 0 radical (unpaired) electrons. The average Bonchev–Trinajstić information content (AvgIpc) is 3.23. The molecule has 9 nitrogen and oxygen atoms in total. The van der Waals surface area contributed by atoms with E-state index in [4.69, 9.17) is 11.5 Å².